The van der Waals surface area contributed by atoms with Crippen LogP contribution in [0, 0.1) is 6.92 Å². The molecule has 86 valence electrons. The molecule has 2 atom stereocenters. The molecule has 5 heteroatoms. The maximum absolute atomic E-state index is 4.30. The lowest BCUT2D eigenvalue weighted by Gasteiger charge is -2.16. The Balaban J connectivity index is 2.97. The third kappa shape index (κ3) is 3.28. The van der Waals surface area contributed by atoms with E-state index in [9.17, 15) is 0 Å². The van der Waals surface area contributed by atoms with Gasteiger partial charge in [-0.05, 0) is 19.8 Å². The smallest absolute Gasteiger partial charge is 0.146 e. The van der Waals surface area contributed by atoms with E-state index in [1.807, 2.05) is 6.92 Å². The molecular weight excluding hydrogens is 416 g/mol. The topological polar surface area (TPSA) is 30.7 Å². The molecule has 0 spiro atoms. The zero-order valence-electron chi connectivity index (χ0n) is 9.37. The molecule has 0 bridgehead atoms. The number of hydrogen-bond donors (Lipinski definition) is 0. The summed E-state index contributed by atoms with van der Waals surface area (Å²) in [4.78, 5) is 0. The number of hydrogen-bond acceptors (Lipinski definition) is 2. The molecule has 0 aliphatic carbocycles. The highest BCUT2D eigenvalue weighted by Gasteiger charge is 2.19. The molecule has 3 nitrogen and oxygen atoms in total. The standard InChI is InChI=1S/C10H17I2N3/c1-4-6-8(11)10-14-13-7(3)15(10)9(12)5-2/h8-9H,4-6H2,1-3H3. The van der Waals surface area contributed by atoms with Crippen LogP contribution in [-0.4, -0.2) is 14.8 Å². The van der Waals surface area contributed by atoms with Gasteiger partial charge >= 0.3 is 0 Å². The predicted octanol–water partition coefficient (Wildman–Crippen LogP) is 4.21. The Kier molecular flexibility index (Phi) is 5.80. The fourth-order valence-corrected chi connectivity index (χ4v) is 3.25. The third-order valence-electron chi connectivity index (χ3n) is 2.33. The molecule has 15 heavy (non-hydrogen) atoms. The largest absolute Gasteiger partial charge is 0.302 e. The van der Waals surface area contributed by atoms with Gasteiger partial charge in [0.2, 0.25) is 0 Å². The molecule has 0 saturated heterocycles. The molecule has 2 unspecified atom stereocenters. The van der Waals surface area contributed by atoms with Gasteiger partial charge in [0.05, 0.1) is 7.97 Å². The van der Waals surface area contributed by atoms with Crippen LogP contribution in [0.3, 0.4) is 0 Å². The molecule has 0 aromatic carbocycles. The minimum absolute atomic E-state index is 0.474. The van der Waals surface area contributed by atoms with Crippen LogP contribution in [0.5, 0.6) is 0 Å². The van der Waals surface area contributed by atoms with Gasteiger partial charge in [0.25, 0.3) is 0 Å². The summed E-state index contributed by atoms with van der Waals surface area (Å²) in [7, 11) is 0. The van der Waals surface area contributed by atoms with Crippen LogP contribution in [0.15, 0.2) is 0 Å². The van der Waals surface area contributed by atoms with Gasteiger partial charge in [-0.1, -0.05) is 65.5 Å². The number of rotatable bonds is 5. The first-order valence-electron chi connectivity index (χ1n) is 5.31. The Morgan fingerprint density at radius 1 is 1.27 bits per heavy atom. The van der Waals surface area contributed by atoms with Gasteiger partial charge in [0, 0.05) is 0 Å². The second-order valence-electron chi connectivity index (χ2n) is 3.57. The summed E-state index contributed by atoms with van der Waals surface area (Å²) in [5.74, 6) is 2.17. The number of alkyl halides is 2. The van der Waals surface area contributed by atoms with Crippen molar-refractivity contribution in [2.45, 2.75) is 48.0 Å². The summed E-state index contributed by atoms with van der Waals surface area (Å²) < 4.78 is 3.23. The Bertz CT molecular complexity index is 312. The minimum Gasteiger partial charge on any atom is -0.302 e. The van der Waals surface area contributed by atoms with Crippen molar-refractivity contribution in [3.63, 3.8) is 0 Å². The summed E-state index contributed by atoms with van der Waals surface area (Å²) in [6, 6.07) is 0. The zero-order chi connectivity index (χ0) is 11.4. The number of aromatic nitrogens is 3. The van der Waals surface area contributed by atoms with E-state index in [4.69, 9.17) is 0 Å². The molecule has 0 aliphatic rings. The first-order valence-corrected chi connectivity index (χ1v) is 7.80. The normalized spacial score (nSPS) is 15.3. The molecular formula is C10H17I2N3. The van der Waals surface area contributed by atoms with E-state index < -0.39 is 0 Å². The second-order valence-corrected chi connectivity index (χ2v) is 6.52. The Hall–Kier alpha value is 0.600. The predicted molar refractivity (Wildman–Crippen MR) is 79.8 cm³/mol. The van der Waals surface area contributed by atoms with Crippen molar-refractivity contribution in [2.24, 2.45) is 0 Å². The van der Waals surface area contributed by atoms with Crippen molar-refractivity contribution in [3.8, 4) is 0 Å². The van der Waals surface area contributed by atoms with Crippen molar-refractivity contribution in [2.75, 3.05) is 0 Å². The molecule has 1 heterocycles. The van der Waals surface area contributed by atoms with Crippen LogP contribution < -0.4 is 0 Å². The number of halogens is 2. The summed E-state index contributed by atoms with van der Waals surface area (Å²) >= 11 is 4.93. The van der Waals surface area contributed by atoms with E-state index in [0.717, 1.165) is 18.1 Å². The molecule has 1 rings (SSSR count). The monoisotopic (exact) mass is 433 g/mol. The Morgan fingerprint density at radius 3 is 2.47 bits per heavy atom. The SMILES string of the molecule is CCCC(I)c1nnc(C)n1C(I)CC. The van der Waals surface area contributed by atoms with Crippen LogP contribution in [0.25, 0.3) is 0 Å². The van der Waals surface area contributed by atoms with E-state index in [1.54, 1.807) is 0 Å². The highest BCUT2D eigenvalue weighted by molar-refractivity contribution is 14.1. The van der Waals surface area contributed by atoms with Crippen molar-refractivity contribution >= 4 is 45.2 Å². The zero-order valence-corrected chi connectivity index (χ0v) is 13.7. The molecule has 1 aromatic heterocycles. The van der Waals surface area contributed by atoms with Crippen molar-refractivity contribution in [1.82, 2.24) is 14.8 Å². The molecule has 0 saturated carbocycles. The maximum atomic E-state index is 4.30. The maximum Gasteiger partial charge on any atom is 0.146 e. The van der Waals surface area contributed by atoms with Crippen LogP contribution in [0.1, 0.15) is 52.7 Å². The number of aryl methyl sites for hydroxylation is 1. The molecule has 1 aromatic rings. The first-order chi connectivity index (χ1) is 7.11. The average molecular weight is 433 g/mol. The van der Waals surface area contributed by atoms with Crippen molar-refractivity contribution in [1.29, 1.82) is 0 Å². The van der Waals surface area contributed by atoms with Gasteiger partial charge < -0.3 is 4.57 Å². The van der Waals surface area contributed by atoms with E-state index in [1.165, 1.54) is 12.8 Å². The Morgan fingerprint density at radius 2 is 1.93 bits per heavy atom. The lowest BCUT2D eigenvalue weighted by molar-refractivity contribution is 0.613. The summed E-state index contributed by atoms with van der Waals surface area (Å²) in [6.07, 6.45) is 3.48. The van der Waals surface area contributed by atoms with E-state index in [0.29, 0.717) is 7.97 Å². The van der Waals surface area contributed by atoms with E-state index >= 15 is 0 Å². The molecule has 0 aliphatic heterocycles. The lowest BCUT2D eigenvalue weighted by atomic mass is 10.2. The molecule has 0 fully saturated rings. The molecule has 0 N–H and O–H groups in total. The lowest BCUT2D eigenvalue weighted by Crippen LogP contribution is -2.09. The van der Waals surface area contributed by atoms with Crippen LogP contribution >= 0.6 is 45.2 Å². The van der Waals surface area contributed by atoms with Crippen LogP contribution in [-0.2, 0) is 0 Å². The second kappa shape index (κ2) is 6.36. The Labute approximate surface area is 119 Å². The van der Waals surface area contributed by atoms with Crippen molar-refractivity contribution in [3.05, 3.63) is 11.6 Å². The fraction of sp³-hybridized carbons (Fsp3) is 0.800. The first kappa shape index (κ1) is 13.7. The highest BCUT2D eigenvalue weighted by Crippen LogP contribution is 2.32. The third-order valence-corrected chi connectivity index (χ3v) is 4.95. The number of nitrogens with zero attached hydrogens (tertiary/aromatic N) is 3. The van der Waals surface area contributed by atoms with Gasteiger partial charge in [0.1, 0.15) is 11.6 Å². The van der Waals surface area contributed by atoms with Gasteiger partial charge in [-0.15, -0.1) is 10.2 Å². The summed E-state index contributed by atoms with van der Waals surface area (Å²) in [5, 5.41) is 8.50. The van der Waals surface area contributed by atoms with Gasteiger partial charge in [-0.2, -0.15) is 0 Å². The summed E-state index contributed by atoms with van der Waals surface area (Å²) in [5.41, 5.74) is 0. The van der Waals surface area contributed by atoms with Gasteiger partial charge in [0.15, 0.2) is 0 Å². The summed E-state index contributed by atoms with van der Waals surface area (Å²) in [6.45, 7) is 6.44. The van der Waals surface area contributed by atoms with Gasteiger partial charge in [-0.25, -0.2) is 0 Å². The molecule has 0 radical (unpaired) electrons. The molecule has 0 amide bonds. The highest BCUT2D eigenvalue weighted by atomic mass is 127. The van der Waals surface area contributed by atoms with Crippen LogP contribution in [0.4, 0.5) is 0 Å². The van der Waals surface area contributed by atoms with Gasteiger partial charge in [-0.3, -0.25) is 0 Å². The van der Waals surface area contributed by atoms with Crippen molar-refractivity contribution < 1.29 is 0 Å². The van der Waals surface area contributed by atoms with E-state index in [-0.39, 0.29) is 0 Å². The van der Waals surface area contributed by atoms with Crippen LogP contribution in [0.2, 0.25) is 0 Å². The van der Waals surface area contributed by atoms with E-state index in [2.05, 4.69) is 73.8 Å². The minimum atomic E-state index is 0.474. The average Bonchev–Trinajstić information content (AvgIpc) is 2.59. The fourth-order valence-electron chi connectivity index (χ4n) is 1.51. The quantitative estimate of drug-likeness (QED) is 0.515.